The average Bonchev–Trinajstić information content (AvgIpc) is 2.65. The van der Waals surface area contributed by atoms with E-state index in [2.05, 4.69) is 20.7 Å². The van der Waals surface area contributed by atoms with Gasteiger partial charge in [0.2, 0.25) is 0 Å². The van der Waals surface area contributed by atoms with Crippen LogP contribution in [0.15, 0.2) is 65.9 Å². The first-order valence-corrected chi connectivity index (χ1v) is 8.04. The van der Waals surface area contributed by atoms with Gasteiger partial charge in [0.15, 0.2) is 5.82 Å². The maximum Gasteiger partial charge on any atom is 0.352 e. The van der Waals surface area contributed by atoms with Crippen LogP contribution in [0.3, 0.4) is 0 Å². The molecule has 0 spiro atoms. The van der Waals surface area contributed by atoms with Crippen molar-refractivity contribution in [3.05, 3.63) is 66.4 Å². The molecule has 0 amide bonds. The van der Waals surface area contributed by atoms with Crippen molar-refractivity contribution in [3.63, 3.8) is 0 Å². The Kier molecular flexibility index (Phi) is 5.31. The van der Waals surface area contributed by atoms with Crippen molar-refractivity contribution < 1.29 is 9.90 Å². The van der Waals surface area contributed by atoms with Crippen LogP contribution in [0.4, 0.5) is 5.82 Å². The Hall–Kier alpha value is -3.28. The van der Waals surface area contributed by atoms with Gasteiger partial charge in [0, 0.05) is 10.8 Å². The second kappa shape index (κ2) is 8.01. The van der Waals surface area contributed by atoms with E-state index in [9.17, 15) is 9.90 Å². The summed E-state index contributed by atoms with van der Waals surface area (Å²) in [5.41, 5.74) is 4.01. The van der Waals surface area contributed by atoms with Gasteiger partial charge in [-0.1, -0.05) is 54.6 Å². The molecule has 1 heterocycles. The van der Waals surface area contributed by atoms with Crippen LogP contribution < -0.4 is 5.43 Å². The Balaban J connectivity index is 1.68. The first-order valence-electron chi connectivity index (χ1n) is 8.04. The first kappa shape index (κ1) is 16.6. The zero-order chi connectivity index (χ0) is 17.5. The van der Waals surface area contributed by atoms with Crippen molar-refractivity contribution >= 4 is 28.3 Å². The number of hydrogen-bond donors (Lipinski definition) is 2. The summed E-state index contributed by atoms with van der Waals surface area (Å²) in [5, 5.41) is 23.1. The molecule has 0 bridgehead atoms. The summed E-state index contributed by atoms with van der Waals surface area (Å²) in [4.78, 5) is 11.4. The number of benzene rings is 2. The van der Waals surface area contributed by atoms with Gasteiger partial charge in [-0.25, -0.2) is 4.79 Å². The van der Waals surface area contributed by atoms with Gasteiger partial charge in [-0.05, 0) is 24.8 Å². The minimum atomic E-state index is -1.03. The van der Waals surface area contributed by atoms with Crippen LogP contribution >= 0.6 is 0 Å². The molecule has 3 aromatic rings. The molecule has 25 heavy (non-hydrogen) atoms. The van der Waals surface area contributed by atoms with E-state index in [4.69, 9.17) is 0 Å². The van der Waals surface area contributed by atoms with E-state index in [-0.39, 0.29) is 5.71 Å². The SMILES string of the molecule is O=C(O)/C(CCCc1ccccc1)=N/Nc1nncc2ccccc12. The van der Waals surface area contributed by atoms with Gasteiger partial charge in [-0.3, -0.25) is 5.43 Å². The third kappa shape index (κ3) is 4.38. The molecule has 126 valence electrons. The number of hydrazone groups is 1. The fourth-order valence-electron chi connectivity index (χ4n) is 2.55. The minimum absolute atomic E-state index is 0.0747. The van der Waals surface area contributed by atoms with Crippen LogP contribution in [0, 0.1) is 0 Å². The summed E-state index contributed by atoms with van der Waals surface area (Å²) in [5.74, 6) is -0.589. The van der Waals surface area contributed by atoms with E-state index in [1.807, 2.05) is 54.6 Å². The lowest BCUT2D eigenvalue weighted by Crippen LogP contribution is -2.15. The summed E-state index contributed by atoms with van der Waals surface area (Å²) in [6.07, 6.45) is 3.54. The smallest absolute Gasteiger partial charge is 0.352 e. The molecule has 0 aliphatic carbocycles. The summed E-state index contributed by atoms with van der Waals surface area (Å²) in [6, 6.07) is 17.6. The number of nitrogens with one attached hydrogen (secondary N) is 1. The molecule has 0 saturated carbocycles. The maximum absolute atomic E-state index is 11.4. The fourth-order valence-corrected chi connectivity index (χ4v) is 2.55. The van der Waals surface area contributed by atoms with Crippen molar-refractivity contribution in [2.24, 2.45) is 5.10 Å². The van der Waals surface area contributed by atoms with Crippen molar-refractivity contribution in [2.75, 3.05) is 5.43 Å². The Morgan fingerprint density at radius 2 is 1.84 bits per heavy atom. The van der Waals surface area contributed by atoms with Gasteiger partial charge in [-0.2, -0.15) is 10.2 Å². The second-order valence-electron chi connectivity index (χ2n) is 5.60. The number of aromatic nitrogens is 2. The minimum Gasteiger partial charge on any atom is -0.477 e. The normalized spacial score (nSPS) is 11.4. The van der Waals surface area contributed by atoms with E-state index < -0.39 is 5.97 Å². The summed E-state index contributed by atoms with van der Waals surface area (Å²) in [6.45, 7) is 0. The molecule has 0 unspecified atom stereocenters. The summed E-state index contributed by atoms with van der Waals surface area (Å²) < 4.78 is 0. The van der Waals surface area contributed by atoms with Crippen molar-refractivity contribution in [1.29, 1.82) is 0 Å². The number of rotatable bonds is 7. The lowest BCUT2D eigenvalue weighted by Gasteiger charge is -2.06. The van der Waals surface area contributed by atoms with Crippen LogP contribution in [-0.4, -0.2) is 27.0 Å². The summed E-state index contributed by atoms with van der Waals surface area (Å²) in [7, 11) is 0. The van der Waals surface area contributed by atoms with Crippen LogP contribution in [0.25, 0.3) is 10.8 Å². The number of carbonyl (C=O) groups is 1. The monoisotopic (exact) mass is 334 g/mol. The first-order chi connectivity index (χ1) is 12.2. The van der Waals surface area contributed by atoms with Crippen LogP contribution in [0.5, 0.6) is 0 Å². The zero-order valence-corrected chi connectivity index (χ0v) is 13.6. The summed E-state index contributed by atoms with van der Waals surface area (Å²) >= 11 is 0. The molecule has 0 fully saturated rings. The molecular formula is C19H18N4O2. The largest absolute Gasteiger partial charge is 0.477 e. The Labute approximate surface area is 145 Å². The van der Waals surface area contributed by atoms with Gasteiger partial charge in [0.25, 0.3) is 0 Å². The molecule has 3 rings (SSSR count). The van der Waals surface area contributed by atoms with Gasteiger partial charge in [-0.15, -0.1) is 5.10 Å². The van der Waals surface area contributed by atoms with E-state index >= 15 is 0 Å². The highest BCUT2D eigenvalue weighted by molar-refractivity contribution is 6.35. The zero-order valence-electron chi connectivity index (χ0n) is 13.6. The third-order valence-electron chi connectivity index (χ3n) is 3.84. The van der Waals surface area contributed by atoms with Crippen LogP contribution in [0.1, 0.15) is 18.4 Å². The molecular weight excluding hydrogens is 316 g/mol. The topological polar surface area (TPSA) is 87.5 Å². The highest BCUT2D eigenvalue weighted by Gasteiger charge is 2.10. The standard InChI is InChI=1S/C19H18N4O2/c24-19(25)17(12-6-9-14-7-2-1-3-8-14)21-23-18-16-11-5-4-10-15(16)13-20-22-18/h1-5,7-8,10-11,13H,6,9,12H2,(H,22,23)(H,24,25)/b21-17+. The number of hydrogen-bond acceptors (Lipinski definition) is 5. The molecule has 0 saturated heterocycles. The lowest BCUT2D eigenvalue weighted by atomic mass is 10.1. The van der Waals surface area contributed by atoms with E-state index in [0.717, 1.165) is 17.2 Å². The number of carboxylic acids is 1. The van der Waals surface area contributed by atoms with Crippen molar-refractivity contribution in [2.45, 2.75) is 19.3 Å². The van der Waals surface area contributed by atoms with Crippen LogP contribution in [0.2, 0.25) is 0 Å². The molecule has 0 aliphatic rings. The predicted molar refractivity (Wildman–Crippen MR) is 97.6 cm³/mol. The number of nitrogens with zero attached hydrogens (tertiary/aromatic N) is 3. The van der Waals surface area contributed by atoms with Gasteiger partial charge in [0.1, 0.15) is 5.71 Å². The Morgan fingerprint density at radius 3 is 2.64 bits per heavy atom. The van der Waals surface area contributed by atoms with E-state index in [0.29, 0.717) is 18.7 Å². The molecule has 6 heteroatoms. The molecule has 1 aromatic heterocycles. The number of aliphatic carboxylic acids is 1. The van der Waals surface area contributed by atoms with Crippen molar-refractivity contribution in [1.82, 2.24) is 10.2 Å². The average molecular weight is 334 g/mol. The van der Waals surface area contributed by atoms with E-state index in [1.165, 1.54) is 5.56 Å². The predicted octanol–water partition coefficient (Wildman–Crippen LogP) is 3.51. The number of anilines is 1. The molecule has 0 radical (unpaired) electrons. The van der Waals surface area contributed by atoms with Crippen molar-refractivity contribution in [3.8, 4) is 0 Å². The molecule has 2 N–H and O–H groups in total. The van der Waals surface area contributed by atoms with Gasteiger partial charge in [0.05, 0.1) is 6.20 Å². The molecule has 2 aromatic carbocycles. The third-order valence-corrected chi connectivity index (χ3v) is 3.84. The highest BCUT2D eigenvalue weighted by Crippen LogP contribution is 2.19. The fraction of sp³-hybridized carbons (Fsp3) is 0.158. The van der Waals surface area contributed by atoms with Crippen LogP contribution in [-0.2, 0) is 11.2 Å². The molecule has 0 atom stereocenters. The number of carboxylic acid groups (broad SMARTS) is 1. The van der Waals surface area contributed by atoms with Gasteiger partial charge < -0.3 is 5.11 Å². The Bertz CT molecular complexity index is 889. The lowest BCUT2D eigenvalue weighted by molar-refractivity contribution is -0.129. The molecule has 6 nitrogen and oxygen atoms in total. The quantitative estimate of drug-likeness (QED) is 0.510. The number of fused-ring (bicyclic) bond motifs is 1. The number of aryl methyl sites for hydroxylation is 1. The highest BCUT2D eigenvalue weighted by atomic mass is 16.4. The maximum atomic E-state index is 11.4. The Morgan fingerprint density at radius 1 is 1.08 bits per heavy atom. The second-order valence-corrected chi connectivity index (χ2v) is 5.60. The van der Waals surface area contributed by atoms with E-state index in [1.54, 1.807) is 6.20 Å². The van der Waals surface area contributed by atoms with Gasteiger partial charge >= 0.3 is 5.97 Å². The molecule has 0 aliphatic heterocycles.